The minimum Gasteiger partial charge on any atom is -0.853 e. The molecule has 0 aromatic heterocycles. The molecular weight excluding hydrogens is 419 g/mol. The van der Waals surface area contributed by atoms with E-state index in [0.29, 0.717) is 0 Å². The van der Waals surface area contributed by atoms with Crippen molar-refractivity contribution in [2.75, 3.05) is 13.2 Å². The van der Waals surface area contributed by atoms with E-state index in [9.17, 15) is 14.7 Å². The summed E-state index contributed by atoms with van der Waals surface area (Å²) in [4.78, 5) is 20.3. The Morgan fingerprint density at radius 1 is 0.621 bits per heavy atom. The van der Waals surface area contributed by atoms with Gasteiger partial charge in [0.1, 0.15) is 36.6 Å². The van der Waals surface area contributed by atoms with Gasteiger partial charge in [0.25, 0.3) is 0 Å². The Labute approximate surface area is 185 Å². The second kappa shape index (κ2) is 16.2. The Bertz CT molecular complexity index is 465. The number of carbonyl (C=O) groups is 2. The summed E-state index contributed by atoms with van der Waals surface area (Å²) in [7, 11) is 0. The third-order valence-electron chi connectivity index (χ3n) is 3.35. The summed E-state index contributed by atoms with van der Waals surface area (Å²) in [6, 6.07) is 0. The van der Waals surface area contributed by atoms with Gasteiger partial charge < -0.3 is 66.4 Å². The first-order valence-corrected chi connectivity index (χ1v) is 7.51. The summed E-state index contributed by atoms with van der Waals surface area (Å²) in [6.45, 7) is -1.97. The van der Waals surface area contributed by atoms with Crippen LogP contribution in [0.5, 0.6) is 0 Å². The molecule has 168 valence electrons. The summed E-state index contributed by atoms with van der Waals surface area (Å²) < 4.78 is 0. The fraction of sp³-hybridized carbons (Fsp3) is 0.846. The van der Waals surface area contributed by atoms with Crippen LogP contribution in [0.1, 0.15) is 0 Å². The normalized spacial score (nSPS) is 20.2. The molecule has 0 unspecified atom stereocenters. The van der Waals surface area contributed by atoms with Gasteiger partial charge >= 0.3 is 41.5 Å². The molecule has 0 aromatic carbocycles. The average molecular weight is 444 g/mol. The number of aliphatic hydroxyl groups is 10. The van der Waals surface area contributed by atoms with Gasteiger partial charge in [0.15, 0.2) is 12.2 Å². The third-order valence-corrected chi connectivity index (χ3v) is 3.35. The van der Waals surface area contributed by atoms with Gasteiger partial charge in [-0.1, -0.05) is 0 Å². The van der Waals surface area contributed by atoms with E-state index >= 15 is 0 Å². The Hall–Kier alpha value is -0.500. The molecule has 0 saturated carbocycles. The van der Waals surface area contributed by atoms with Crippen molar-refractivity contribution in [1.82, 2.24) is 0 Å². The second-order valence-corrected chi connectivity index (χ2v) is 5.50. The van der Waals surface area contributed by atoms with E-state index in [0.717, 1.165) is 0 Å². The topological polar surface area (TPSA) is 300 Å². The van der Waals surface area contributed by atoms with Gasteiger partial charge in [0, 0.05) is 0 Å². The summed E-state index contributed by atoms with van der Waals surface area (Å²) in [5.41, 5.74) is 0. The summed E-state index contributed by atoms with van der Waals surface area (Å²) in [5.74, 6) is -3.53. The van der Waals surface area contributed by atoms with E-state index < -0.39 is 80.1 Å². The molecule has 0 rings (SSSR count). The largest absolute Gasteiger partial charge is 1.00 e. The zero-order chi connectivity index (χ0) is 22.8. The van der Waals surface area contributed by atoms with Crippen LogP contribution in [0.15, 0.2) is 0 Å². The molecule has 0 saturated heterocycles. The standard InChI is InChI=1S/C7H13O8.C6H12O7.Na/c8-1-2(9)3(10)4(11)5(12)6(13)7(14)15;7-1-2(8)3(9)4(10)5(11)6(12)13;/h2-6,9-13H,1H2,(H,14,15);2-5,7-11H,1H2,(H,12,13);/q-1;;+1/t2-,3+,4-,5-,6-;2-,3-,4+,5-;/m11./s1. The monoisotopic (exact) mass is 444 g/mol. The van der Waals surface area contributed by atoms with Crippen molar-refractivity contribution in [2.45, 2.75) is 54.9 Å². The smallest absolute Gasteiger partial charge is 0.853 e. The zero-order valence-electron chi connectivity index (χ0n) is 15.2. The van der Waals surface area contributed by atoms with Crippen LogP contribution in [0.2, 0.25) is 0 Å². The molecule has 0 amide bonds. The predicted molar refractivity (Wildman–Crippen MR) is 81.3 cm³/mol. The number of carboxylic acids is 2. The fourth-order valence-electron chi connectivity index (χ4n) is 1.53. The van der Waals surface area contributed by atoms with Crippen molar-refractivity contribution < 1.29 is 106 Å². The van der Waals surface area contributed by atoms with Crippen LogP contribution < -0.4 is 34.7 Å². The van der Waals surface area contributed by atoms with Gasteiger partial charge in [-0.2, -0.15) is 0 Å². The minimum absolute atomic E-state index is 0. The van der Waals surface area contributed by atoms with E-state index in [2.05, 4.69) is 0 Å². The van der Waals surface area contributed by atoms with Crippen LogP contribution in [0.4, 0.5) is 0 Å². The fourth-order valence-corrected chi connectivity index (χ4v) is 1.53. The molecule has 16 heteroatoms. The maximum Gasteiger partial charge on any atom is 1.00 e. The van der Waals surface area contributed by atoms with Crippen LogP contribution in [-0.2, 0) is 9.59 Å². The van der Waals surface area contributed by atoms with Gasteiger partial charge in [-0.25, -0.2) is 9.59 Å². The molecular formula is C13H25NaO15. The minimum atomic E-state index is -2.31. The number of rotatable bonds is 11. The van der Waals surface area contributed by atoms with Crippen LogP contribution >= 0.6 is 0 Å². The summed E-state index contributed by atoms with van der Waals surface area (Å²) in [6.07, 6.45) is -18.3. The quantitative estimate of drug-likeness (QED) is 0.132. The molecule has 0 fully saturated rings. The van der Waals surface area contributed by atoms with E-state index in [1.807, 2.05) is 0 Å². The molecule has 29 heavy (non-hydrogen) atoms. The van der Waals surface area contributed by atoms with Crippen LogP contribution in [0, 0.1) is 0 Å². The van der Waals surface area contributed by atoms with Crippen LogP contribution in [-0.4, -0.2) is 141 Å². The molecule has 0 heterocycles. The first kappa shape index (κ1) is 33.1. The second-order valence-electron chi connectivity index (χ2n) is 5.50. The van der Waals surface area contributed by atoms with E-state index in [1.54, 1.807) is 0 Å². The Kier molecular flexibility index (Phi) is 18.5. The molecule has 0 aliphatic heterocycles. The van der Waals surface area contributed by atoms with Crippen molar-refractivity contribution in [3.05, 3.63) is 0 Å². The van der Waals surface area contributed by atoms with Crippen molar-refractivity contribution in [3.63, 3.8) is 0 Å². The molecule has 9 atom stereocenters. The molecule has 0 aliphatic carbocycles. The first-order chi connectivity index (χ1) is 12.7. The maximum atomic E-state index is 10.2. The van der Waals surface area contributed by atoms with E-state index in [-0.39, 0.29) is 29.6 Å². The van der Waals surface area contributed by atoms with Crippen LogP contribution in [0.25, 0.3) is 0 Å². The molecule has 15 nitrogen and oxygen atoms in total. The van der Waals surface area contributed by atoms with Crippen molar-refractivity contribution in [1.29, 1.82) is 0 Å². The molecule has 0 spiro atoms. The number of aliphatic carboxylic acids is 2. The van der Waals surface area contributed by atoms with Crippen molar-refractivity contribution in [3.8, 4) is 0 Å². The Morgan fingerprint density at radius 2 is 0.931 bits per heavy atom. The van der Waals surface area contributed by atoms with Crippen molar-refractivity contribution >= 4 is 11.9 Å². The SMILES string of the molecule is O=C(O)[C@H](O)[C@@H](O)[C@H](O)[C@H](O)CO.O=C(O)[C@H](O)[C@H](O)[C@H](O)[C@@H](O)[C@H](O)C[O-].[Na+]. The first-order valence-electron chi connectivity index (χ1n) is 7.51. The molecule has 12 N–H and O–H groups in total. The zero-order valence-corrected chi connectivity index (χ0v) is 17.2. The number of hydrogen-bond acceptors (Lipinski definition) is 13. The Balaban J connectivity index is -0.000000455. The predicted octanol–water partition coefficient (Wildman–Crippen LogP) is -11.3. The maximum absolute atomic E-state index is 10.2. The Morgan fingerprint density at radius 3 is 1.21 bits per heavy atom. The van der Waals surface area contributed by atoms with E-state index in [1.165, 1.54) is 0 Å². The third kappa shape index (κ3) is 11.5. The summed E-state index contributed by atoms with van der Waals surface area (Å²) >= 11 is 0. The number of hydrogen-bond donors (Lipinski definition) is 12. The summed E-state index contributed by atoms with van der Waals surface area (Å²) in [5, 5.41) is 115. The van der Waals surface area contributed by atoms with Gasteiger partial charge in [0.05, 0.1) is 12.7 Å². The number of carboxylic acid groups (broad SMARTS) is 2. The van der Waals surface area contributed by atoms with Crippen LogP contribution in [0.3, 0.4) is 0 Å². The molecule has 0 aliphatic rings. The average Bonchev–Trinajstić information content (AvgIpc) is 2.68. The number of aliphatic hydroxyl groups excluding tert-OH is 10. The van der Waals surface area contributed by atoms with Gasteiger partial charge in [-0.3, -0.25) is 0 Å². The van der Waals surface area contributed by atoms with Crippen molar-refractivity contribution in [2.24, 2.45) is 0 Å². The van der Waals surface area contributed by atoms with Gasteiger partial charge in [-0.05, 0) is 0 Å². The molecule has 0 bridgehead atoms. The molecule has 0 aromatic rings. The molecule has 0 radical (unpaired) electrons. The van der Waals surface area contributed by atoms with Gasteiger partial charge in [-0.15, -0.1) is 6.61 Å². The van der Waals surface area contributed by atoms with E-state index in [4.69, 9.17) is 61.3 Å². The van der Waals surface area contributed by atoms with Gasteiger partial charge in [0.2, 0.25) is 0 Å².